The van der Waals surface area contributed by atoms with Gasteiger partial charge in [0, 0.05) is 6.04 Å². The smallest absolute Gasteiger partial charge is 0.358 e. The lowest BCUT2D eigenvalue weighted by Crippen LogP contribution is -2.29. The molecule has 1 unspecified atom stereocenters. The molecule has 1 fully saturated rings. The quantitative estimate of drug-likeness (QED) is 0.764. The summed E-state index contributed by atoms with van der Waals surface area (Å²) in [6.45, 7) is 1.82. The van der Waals surface area contributed by atoms with Gasteiger partial charge in [0.1, 0.15) is 0 Å². The number of aromatic nitrogens is 3. The van der Waals surface area contributed by atoms with Crippen molar-refractivity contribution in [2.45, 2.75) is 25.4 Å². The zero-order chi connectivity index (χ0) is 10.8. The molecule has 0 spiro atoms. The van der Waals surface area contributed by atoms with Gasteiger partial charge in [0.15, 0.2) is 5.69 Å². The Bertz CT molecular complexity index is 363. The van der Waals surface area contributed by atoms with Crippen LogP contribution < -0.4 is 0 Å². The van der Waals surface area contributed by atoms with Crippen molar-refractivity contribution in [3.63, 3.8) is 0 Å². The molecule has 1 saturated heterocycles. The van der Waals surface area contributed by atoms with Crippen LogP contribution in [0.15, 0.2) is 6.20 Å². The largest absolute Gasteiger partial charge is 0.476 e. The summed E-state index contributed by atoms with van der Waals surface area (Å²) in [5.41, 5.74) is 0.00986. The third kappa shape index (κ3) is 2.15. The van der Waals surface area contributed by atoms with E-state index in [0.29, 0.717) is 6.04 Å². The fourth-order valence-electron chi connectivity index (χ4n) is 1.91. The van der Waals surface area contributed by atoms with Gasteiger partial charge < -0.3 is 10.0 Å². The summed E-state index contributed by atoms with van der Waals surface area (Å²) in [4.78, 5) is 12.9. The third-order valence-electron chi connectivity index (χ3n) is 2.83. The Kier molecular flexibility index (Phi) is 2.68. The van der Waals surface area contributed by atoms with Crippen molar-refractivity contribution < 1.29 is 9.90 Å². The van der Waals surface area contributed by atoms with Crippen molar-refractivity contribution in [2.75, 3.05) is 13.6 Å². The van der Waals surface area contributed by atoms with Gasteiger partial charge in [0.05, 0.1) is 12.7 Å². The minimum atomic E-state index is -1.03. The molecule has 0 radical (unpaired) electrons. The van der Waals surface area contributed by atoms with Crippen LogP contribution in [0.1, 0.15) is 23.3 Å². The van der Waals surface area contributed by atoms with Gasteiger partial charge in [-0.15, -0.1) is 5.10 Å². The number of likely N-dealkylation sites (tertiary alicyclic amines) is 1. The Labute approximate surface area is 87.5 Å². The van der Waals surface area contributed by atoms with Crippen LogP contribution in [0.5, 0.6) is 0 Å². The standard InChI is InChI=1S/C9H14N4O2/c1-12-4-2-3-7(12)5-13-6-8(9(14)15)10-11-13/h6-7H,2-5H2,1H3,(H,14,15). The van der Waals surface area contributed by atoms with Gasteiger partial charge in [-0.1, -0.05) is 5.21 Å². The molecular weight excluding hydrogens is 196 g/mol. The lowest BCUT2D eigenvalue weighted by Gasteiger charge is -2.18. The van der Waals surface area contributed by atoms with E-state index >= 15 is 0 Å². The van der Waals surface area contributed by atoms with Crippen molar-refractivity contribution in [3.8, 4) is 0 Å². The van der Waals surface area contributed by atoms with E-state index < -0.39 is 5.97 Å². The van der Waals surface area contributed by atoms with Gasteiger partial charge in [0.2, 0.25) is 0 Å². The first-order valence-corrected chi connectivity index (χ1v) is 5.00. The first-order chi connectivity index (χ1) is 7.16. The van der Waals surface area contributed by atoms with E-state index in [4.69, 9.17) is 5.11 Å². The molecule has 6 nitrogen and oxygen atoms in total. The van der Waals surface area contributed by atoms with Gasteiger partial charge in [-0.05, 0) is 26.4 Å². The molecule has 0 aliphatic carbocycles. The molecule has 15 heavy (non-hydrogen) atoms. The molecule has 2 rings (SSSR count). The van der Waals surface area contributed by atoms with Crippen LogP contribution in [0.25, 0.3) is 0 Å². The number of carbonyl (C=O) groups is 1. The molecule has 0 saturated carbocycles. The molecule has 82 valence electrons. The average molecular weight is 210 g/mol. The molecule has 1 aliphatic heterocycles. The predicted octanol–water partition coefficient (Wildman–Crippen LogP) is 0.0705. The second kappa shape index (κ2) is 3.98. The SMILES string of the molecule is CN1CCCC1Cn1cc(C(=O)O)nn1. The van der Waals surface area contributed by atoms with E-state index in [1.54, 1.807) is 4.68 Å². The molecule has 6 heteroatoms. The molecule has 1 aromatic rings. The van der Waals surface area contributed by atoms with Crippen LogP contribution in [-0.4, -0.2) is 50.6 Å². The minimum absolute atomic E-state index is 0.00986. The molecule has 2 heterocycles. The van der Waals surface area contributed by atoms with Crippen molar-refractivity contribution in [1.29, 1.82) is 0 Å². The van der Waals surface area contributed by atoms with E-state index in [1.165, 1.54) is 12.6 Å². The summed E-state index contributed by atoms with van der Waals surface area (Å²) < 4.78 is 1.61. The number of rotatable bonds is 3. The lowest BCUT2D eigenvalue weighted by atomic mass is 10.2. The van der Waals surface area contributed by atoms with E-state index in [2.05, 4.69) is 22.3 Å². The molecular formula is C9H14N4O2. The lowest BCUT2D eigenvalue weighted by molar-refractivity contribution is 0.0690. The van der Waals surface area contributed by atoms with Gasteiger partial charge in [-0.2, -0.15) is 0 Å². The fraction of sp³-hybridized carbons (Fsp3) is 0.667. The third-order valence-corrected chi connectivity index (χ3v) is 2.83. The molecule has 0 bridgehead atoms. The summed E-state index contributed by atoms with van der Waals surface area (Å²) in [5, 5.41) is 16.1. The Morgan fingerprint density at radius 2 is 2.53 bits per heavy atom. The highest BCUT2D eigenvalue weighted by Crippen LogP contribution is 2.15. The number of likely N-dealkylation sites (N-methyl/N-ethyl adjacent to an activating group) is 1. The Morgan fingerprint density at radius 3 is 3.07 bits per heavy atom. The summed E-state index contributed by atoms with van der Waals surface area (Å²) >= 11 is 0. The van der Waals surface area contributed by atoms with Gasteiger partial charge >= 0.3 is 5.97 Å². The van der Waals surface area contributed by atoms with Gasteiger partial charge in [-0.3, -0.25) is 4.68 Å². The van der Waals surface area contributed by atoms with Crippen LogP contribution in [0.2, 0.25) is 0 Å². The van der Waals surface area contributed by atoms with Crippen molar-refractivity contribution in [2.24, 2.45) is 0 Å². The molecule has 1 aromatic heterocycles. The summed E-state index contributed by atoms with van der Waals surface area (Å²) in [7, 11) is 2.08. The monoisotopic (exact) mass is 210 g/mol. The van der Waals surface area contributed by atoms with Gasteiger partial charge in [0.25, 0.3) is 0 Å². The molecule has 0 amide bonds. The Morgan fingerprint density at radius 1 is 1.73 bits per heavy atom. The number of hydrogen-bond donors (Lipinski definition) is 1. The van der Waals surface area contributed by atoms with Crippen LogP contribution in [0.3, 0.4) is 0 Å². The van der Waals surface area contributed by atoms with Crippen LogP contribution in [-0.2, 0) is 6.54 Å². The highest BCUT2D eigenvalue weighted by molar-refractivity contribution is 5.84. The van der Waals surface area contributed by atoms with Crippen molar-refractivity contribution >= 4 is 5.97 Å². The fourth-order valence-corrected chi connectivity index (χ4v) is 1.91. The highest BCUT2D eigenvalue weighted by Gasteiger charge is 2.21. The number of aromatic carboxylic acids is 1. The molecule has 0 aromatic carbocycles. The van der Waals surface area contributed by atoms with Crippen molar-refractivity contribution in [1.82, 2.24) is 19.9 Å². The molecule has 1 N–H and O–H groups in total. The Hall–Kier alpha value is -1.43. The predicted molar refractivity (Wildman–Crippen MR) is 52.6 cm³/mol. The number of carboxylic acids is 1. The number of hydrogen-bond acceptors (Lipinski definition) is 4. The second-order valence-electron chi connectivity index (χ2n) is 3.91. The van der Waals surface area contributed by atoms with E-state index in [9.17, 15) is 4.79 Å². The number of carboxylic acid groups (broad SMARTS) is 1. The maximum absolute atomic E-state index is 10.6. The first-order valence-electron chi connectivity index (χ1n) is 5.00. The normalized spacial score (nSPS) is 22.1. The highest BCUT2D eigenvalue weighted by atomic mass is 16.4. The minimum Gasteiger partial charge on any atom is -0.476 e. The number of nitrogens with zero attached hydrogens (tertiary/aromatic N) is 4. The summed E-state index contributed by atoms with van der Waals surface area (Å²) in [6.07, 6.45) is 3.81. The zero-order valence-corrected chi connectivity index (χ0v) is 8.63. The van der Waals surface area contributed by atoms with E-state index in [-0.39, 0.29) is 5.69 Å². The van der Waals surface area contributed by atoms with Crippen LogP contribution >= 0.6 is 0 Å². The topological polar surface area (TPSA) is 71.2 Å². The average Bonchev–Trinajstić information content (AvgIpc) is 2.77. The van der Waals surface area contributed by atoms with Gasteiger partial charge in [-0.25, -0.2) is 4.79 Å². The Balaban J connectivity index is 2.01. The zero-order valence-electron chi connectivity index (χ0n) is 8.63. The maximum atomic E-state index is 10.6. The summed E-state index contributed by atoms with van der Waals surface area (Å²) in [6, 6.07) is 0.452. The second-order valence-corrected chi connectivity index (χ2v) is 3.91. The maximum Gasteiger partial charge on any atom is 0.358 e. The van der Waals surface area contributed by atoms with Crippen molar-refractivity contribution in [3.05, 3.63) is 11.9 Å². The first kappa shape index (κ1) is 10.1. The molecule has 1 aliphatic rings. The molecule has 1 atom stereocenters. The van der Waals surface area contributed by atoms with Crippen LogP contribution in [0.4, 0.5) is 0 Å². The summed E-state index contributed by atoms with van der Waals surface area (Å²) in [5.74, 6) is -1.03. The van der Waals surface area contributed by atoms with Crippen LogP contribution in [0, 0.1) is 0 Å². The van der Waals surface area contributed by atoms with E-state index in [0.717, 1.165) is 19.5 Å². The van der Waals surface area contributed by atoms with E-state index in [1.807, 2.05) is 0 Å².